The molecule has 1 heterocycles. The quantitative estimate of drug-likeness (QED) is 0.433. The topological polar surface area (TPSA) is 104 Å². The van der Waals surface area contributed by atoms with Crippen molar-refractivity contribution in [2.24, 2.45) is 34.5 Å². The molecule has 10 atom stereocenters. The number of hydrogen-bond acceptors (Lipinski definition) is 6. The van der Waals surface area contributed by atoms with Crippen molar-refractivity contribution in [3.8, 4) is 0 Å². The average Bonchev–Trinajstić information content (AvgIpc) is 2.78. The lowest BCUT2D eigenvalue weighted by molar-refractivity contribution is -0.219. The van der Waals surface area contributed by atoms with E-state index in [1.54, 1.807) is 13.0 Å². The number of Topliss-reactive ketones (excluding diaryl/α,β-unsaturated/α-hetero) is 1. The van der Waals surface area contributed by atoms with E-state index in [1.165, 1.54) is 0 Å². The van der Waals surface area contributed by atoms with Gasteiger partial charge in [0.1, 0.15) is 11.9 Å². The Morgan fingerprint density at radius 1 is 1.20 bits per heavy atom. The van der Waals surface area contributed by atoms with Gasteiger partial charge in [-0.2, -0.15) is 0 Å². The molecule has 6 nitrogen and oxygen atoms in total. The molecule has 138 valence electrons. The molecule has 2 saturated carbocycles. The molecule has 0 aromatic carbocycles. The molecule has 0 aromatic rings. The zero-order valence-corrected chi connectivity index (χ0v) is 15.0. The number of aliphatic hydroxyl groups excluding tert-OH is 3. The number of hydrogen-bond donors (Lipinski definition) is 3. The van der Waals surface area contributed by atoms with Crippen molar-refractivity contribution in [3.63, 3.8) is 0 Å². The summed E-state index contributed by atoms with van der Waals surface area (Å²) in [7, 11) is 0. The molecule has 0 spiro atoms. The van der Waals surface area contributed by atoms with Crippen molar-refractivity contribution < 1.29 is 29.6 Å². The van der Waals surface area contributed by atoms with E-state index in [4.69, 9.17) is 4.74 Å². The van der Waals surface area contributed by atoms with Crippen molar-refractivity contribution in [2.45, 2.75) is 58.5 Å². The Morgan fingerprint density at radius 3 is 2.48 bits per heavy atom. The Morgan fingerprint density at radius 2 is 1.84 bits per heavy atom. The van der Waals surface area contributed by atoms with Gasteiger partial charge in [-0.25, -0.2) is 0 Å². The number of rotatable bonds is 0. The van der Waals surface area contributed by atoms with Gasteiger partial charge in [-0.05, 0) is 12.8 Å². The van der Waals surface area contributed by atoms with Gasteiger partial charge in [-0.3, -0.25) is 9.59 Å². The molecule has 0 amide bonds. The number of allylic oxidation sites excluding steroid dienone is 1. The van der Waals surface area contributed by atoms with Crippen LogP contribution in [0.4, 0.5) is 0 Å². The fourth-order valence-corrected chi connectivity index (χ4v) is 6.72. The SMILES string of the molecule is CC1=C[C@H](O)[C@@H](O)[C@@]2(C)C1CC(=O)[C@@]1(C)[C@H]3C(=O)O[C@H]([C@@H]3C)[C@H](O)[C@@H]12. The van der Waals surface area contributed by atoms with Crippen LogP contribution in [-0.2, 0) is 14.3 Å². The molecule has 3 aliphatic carbocycles. The highest BCUT2D eigenvalue weighted by atomic mass is 16.6. The van der Waals surface area contributed by atoms with Crippen LogP contribution >= 0.6 is 0 Å². The molecule has 6 heteroatoms. The standard InChI is InChI=1S/C19H26O6/c1-7-5-10(20)16(23)18(3)9(7)6-11(21)19(4)12-8(2)14(25-17(12)24)13(22)15(18)19/h5,8-10,12-16,20,22-23H,6H2,1-4H3/t8-,9?,10+,12-,13+,14-,15-,16-,18+,19+/m1/s1. The maximum absolute atomic E-state index is 13.2. The van der Waals surface area contributed by atoms with E-state index in [-0.39, 0.29) is 24.0 Å². The number of ketones is 1. The Labute approximate surface area is 146 Å². The number of ether oxygens (including phenoxy) is 1. The summed E-state index contributed by atoms with van der Waals surface area (Å²) in [6.07, 6.45) is -2.10. The van der Waals surface area contributed by atoms with E-state index < -0.39 is 53.1 Å². The second kappa shape index (κ2) is 4.93. The molecule has 25 heavy (non-hydrogen) atoms. The Kier molecular flexibility index (Phi) is 3.39. The van der Waals surface area contributed by atoms with E-state index >= 15 is 0 Å². The van der Waals surface area contributed by atoms with Crippen molar-refractivity contribution in [1.29, 1.82) is 0 Å². The first-order chi connectivity index (χ1) is 11.6. The predicted octanol–water partition coefficient (Wildman–Crippen LogP) is 0.438. The molecular formula is C19H26O6. The molecule has 0 radical (unpaired) electrons. The maximum Gasteiger partial charge on any atom is 0.310 e. The van der Waals surface area contributed by atoms with Crippen LogP contribution in [0.5, 0.6) is 0 Å². The van der Waals surface area contributed by atoms with E-state index in [0.717, 1.165) is 5.57 Å². The highest BCUT2D eigenvalue weighted by Crippen LogP contribution is 2.66. The van der Waals surface area contributed by atoms with Gasteiger partial charge >= 0.3 is 5.97 Å². The molecule has 1 saturated heterocycles. The molecular weight excluding hydrogens is 324 g/mol. The minimum Gasteiger partial charge on any atom is -0.459 e. The summed E-state index contributed by atoms with van der Waals surface area (Å²) in [5.74, 6) is -2.30. The maximum atomic E-state index is 13.2. The largest absolute Gasteiger partial charge is 0.459 e. The predicted molar refractivity (Wildman–Crippen MR) is 87.1 cm³/mol. The van der Waals surface area contributed by atoms with Gasteiger partial charge in [0, 0.05) is 29.1 Å². The molecule has 3 fully saturated rings. The third kappa shape index (κ3) is 1.76. The third-order valence-corrected chi connectivity index (χ3v) is 7.88. The van der Waals surface area contributed by atoms with Crippen LogP contribution in [0.15, 0.2) is 11.6 Å². The lowest BCUT2D eigenvalue weighted by atomic mass is 9.40. The van der Waals surface area contributed by atoms with Gasteiger partial charge < -0.3 is 20.1 Å². The van der Waals surface area contributed by atoms with E-state index in [2.05, 4.69) is 0 Å². The van der Waals surface area contributed by atoms with Crippen LogP contribution in [0.25, 0.3) is 0 Å². The average molecular weight is 350 g/mol. The zero-order chi connectivity index (χ0) is 18.5. The summed E-state index contributed by atoms with van der Waals surface area (Å²) in [6, 6.07) is 0. The summed E-state index contributed by atoms with van der Waals surface area (Å²) in [6.45, 7) is 7.26. The van der Waals surface area contributed by atoms with Gasteiger partial charge in [0.15, 0.2) is 0 Å². The number of fused-ring (bicyclic) bond motifs is 6. The Bertz CT molecular complexity index is 685. The van der Waals surface area contributed by atoms with E-state index in [9.17, 15) is 24.9 Å². The molecule has 4 rings (SSSR count). The fourth-order valence-electron chi connectivity index (χ4n) is 6.72. The molecule has 1 unspecified atom stereocenters. The van der Waals surface area contributed by atoms with Crippen LogP contribution in [0.3, 0.4) is 0 Å². The van der Waals surface area contributed by atoms with Crippen molar-refractivity contribution in [3.05, 3.63) is 11.6 Å². The molecule has 4 aliphatic rings. The summed E-state index contributed by atoms with van der Waals surface area (Å²) in [5.41, 5.74) is -1.17. The Hall–Kier alpha value is -1.24. The summed E-state index contributed by atoms with van der Waals surface area (Å²) in [4.78, 5) is 25.7. The van der Waals surface area contributed by atoms with Gasteiger partial charge in [0.2, 0.25) is 0 Å². The third-order valence-electron chi connectivity index (χ3n) is 7.88. The normalized spacial score (nSPS) is 57.5. The van der Waals surface area contributed by atoms with Crippen LogP contribution in [0, 0.1) is 34.5 Å². The van der Waals surface area contributed by atoms with E-state index in [0.29, 0.717) is 0 Å². The first kappa shape index (κ1) is 17.2. The first-order valence-corrected chi connectivity index (χ1v) is 9.02. The van der Waals surface area contributed by atoms with Gasteiger partial charge in [0.25, 0.3) is 0 Å². The lowest BCUT2D eigenvalue weighted by Gasteiger charge is -2.63. The van der Waals surface area contributed by atoms with Crippen LogP contribution in [-0.4, -0.2) is 51.5 Å². The van der Waals surface area contributed by atoms with Gasteiger partial charge in [0.05, 0.1) is 24.2 Å². The second-order valence-electron chi connectivity index (χ2n) is 8.88. The molecule has 2 bridgehead atoms. The van der Waals surface area contributed by atoms with Crippen molar-refractivity contribution >= 4 is 11.8 Å². The first-order valence-electron chi connectivity index (χ1n) is 9.02. The summed E-state index contributed by atoms with van der Waals surface area (Å²) < 4.78 is 5.43. The van der Waals surface area contributed by atoms with Crippen molar-refractivity contribution in [2.75, 3.05) is 0 Å². The monoisotopic (exact) mass is 350 g/mol. The number of carbonyl (C=O) groups is 2. The van der Waals surface area contributed by atoms with Gasteiger partial charge in [-0.1, -0.05) is 32.4 Å². The van der Waals surface area contributed by atoms with Gasteiger partial charge in [-0.15, -0.1) is 0 Å². The smallest absolute Gasteiger partial charge is 0.310 e. The number of aliphatic hydroxyl groups is 3. The minimum atomic E-state index is -1.11. The Balaban J connectivity index is 1.94. The zero-order valence-electron chi connectivity index (χ0n) is 15.0. The molecule has 1 aliphatic heterocycles. The minimum absolute atomic E-state index is 0.0653. The molecule has 0 aromatic heterocycles. The van der Waals surface area contributed by atoms with Crippen LogP contribution < -0.4 is 0 Å². The highest BCUT2D eigenvalue weighted by Gasteiger charge is 2.74. The van der Waals surface area contributed by atoms with E-state index in [1.807, 2.05) is 20.8 Å². The number of carbonyl (C=O) groups excluding carboxylic acids is 2. The second-order valence-corrected chi connectivity index (χ2v) is 8.88. The molecule has 3 N–H and O–H groups in total. The van der Waals surface area contributed by atoms with Crippen LogP contribution in [0.1, 0.15) is 34.1 Å². The summed E-state index contributed by atoms with van der Waals surface area (Å²) in [5, 5.41) is 32.3. The fraction of sp³-hybridized carbons (Fsp3) is 0.789. The lowest BCUT2D eigenvalue weighted by Crippen LogP contribution is -2.70. The summed E-state index contributed by atoms with van der Waals surface area (Å²) >= 11 is 0. The number of esters is 1. The van der Waals surface area contributed by atoms with Crippen LogP contribution in [0.2, 0.25) is 0 Å². The van der Waals surface area contributed by atoms with Crippen molar-refractivity contribution in [1.82, 2.24) is 0 Å². The highest BCUT2D eigenvalue weighted by molar-refractivity contribution is 5.93.